The van der Waals surface area contributed by atoms with Crippen molar-refractivity contribution in [1.82, 2.24) is 0 Å². The van der Waals surface area contributed by atoms with Crippen molar-refractivity contribution in [3.05, 3.63) is 121 Å². The number of unbranched alkanes of at least 4 members (excludes halogenated alkanes) is 9. The van der Waals surface area contributed by atoms with Gasteiger partial charge in [0, 0.05) is 0 Å². The molecule has 0 saturated carbocycles. The van der Waals surface area contributed by atoms with E-state index >= 15 is 0 Å². The van der Waals surface area contributed by atoms with Crippen LogP contribution < -0.4 is 0 Å². The highest BCUT2D eigenvalue weighted by Gasteiger charge is 2.25. The molecule has 69 heavy (non-hydrogen) atoms. The zero-order valence-electron chi connectivity index (χ0n) is 44.2. The molecule has 0 radical (unpaired) electrons. The van der Waals surface area contributed by atoms with Crippen LogP contribution in [0.5, 0.6) is 17.2 Å². The summed E-state index contributed by atoms with van der Waals surface area (Å²) in [4.78, 5) is 40.3. The molecular weight excluding hydrogens is 865 g/mol. The second-order valence-electron chi connectivity index (χ2n) is 22.3. The number of aromatic hydroxyl groups is 3. The highest BCUT2D eigenvalue weighted by molar-refractivity contribution is 6.05. The van der Waals surface area contributed by atoms with Crippen molar-refractivity contribution in [2.45, 2.75) is 196 Å². The predicted molar refractivity (Wildman–Crippen MR) is 278 cm³/mol. The molecule has 4 aromatic rings. The van der Waals surface area contributed by atoms with Crippen LogP contribution in [-0.4, -0.2) is 53.0 Å². The maximum Gasteiger partial charge on any atom is 0.339 e. The van der Waals surface area contributed by atoms with Crippen LogP contribution in [0.2, 0.25) is 0 Å². The molecule has 9 nitrogen and oxygen atoms in total. The third-order valence-corrected chi connectivity index (χ3v) is 13.0. The van der Waals surface area contributed by atoms with E-state index in [2.05, 4.69) is 92.6 Å². The summed E-state index contributed by atoms with van der Waals surface area (Å²) >= 11 is 0. The lowest BCUT2D eigenvalue weighted by atomic mass is 9.83. The van der Waals surface area contributed by atoms with Gasteiger partial charge in [0.2, 0.25) is 0 Å². The average Bonchev–Trinajstić information content (AvgIpc) is 3.26. The fraction of sp³-hybridized carbons (Fsp3) is 0.550. The molecule has 378 valence electrons. The topological polar surface area (TPSA) is 140 Å². The molecule has 0 aliphatic heterocycles. The Morgan fingerprint density at radius 1 is 0.391 bits per heavy atom. The summed E-state index contributed by atoms with van der Waals surface area (Å²) in [6, 6.07) is 16.8. The molecule has 0 atom stereocenters. The minimum Gasteiger partial charge on any atom is -0.507 e. The minimum atomic E-state index is -0.691. The summed E-state index contributed by atoms with van der Waals surface area (Å²) in [5, 5.41) is 31.8. The zero-order valence-corrected chi connectivity index (χ0v) is 44.2. The first-order valence-corrected chi connectivity index (χ1v) is 25.5. The molecule has 0 saturated heterocycles. The lowest BCUT2D eigenvalue weighted by Crippen LogP contribution is -2.17. The molecule has 4 rings (SSSR count). The largest absolute Gasteiger partial charge is 0.507 e. The molecule has 0 amide bonds. The number of rotatable bonds is 24. The van der Waals surface area contributed by atoms with Gasteiger partial charge in [0.15, 0.2) is 0 Å². The Labute approximate surface area is 414 Å². The zero-order chi connectivity index (χ0) is 51.1. The number of hydrogen-bond donors (Lipinski definition) is 3. The summed E-state index contributed by atoms with van der Waals surface area (Å²) in [5.41, 5.74) is 8.84. The normalized spacial score (nSPS) is 12.0. The van der Waals surface area contributed by atoms with Crippen LogP contribution in [-0.2, 0) is 49.7 Å². The van der Waals surface area contributed by atoms with E-state index in [9.17, 15) is 29.7 Å². The Kier molecular flexibility index (Phi) is 20.8. The summed E-state index contributed by atoms with van der Waals surface area (Å²) in [6.45, 7) is 25.3. The lowest BCUT2D eigenvalue weighted by Gasteiger charge is -2.22. The number of aryl methyl sites for hydroxylation is 6. The molecule has 0 aromatic heterocycles. The number of hydrogen-bond acceptors (Lipinski definition) is 9. The van der Waals surface area contributed by atoms with Crippen molar-refractivity contribution in [3.8, 4) is 17.2 Å². The van der Waals surface area contributed by atoms with Gasteiger partial charge in [-0.05, 0) is 163 Å². The second kappa shape index (κ2) is 25.5. The van der Waals surface area contributed by atoms with Crippen LogP contribution in [0.15, 0.2) is 54.6 Å². The van der Waals surface area contributed by atoms with Gasteiger partial charge in [-0.25, -0.2) is 14.4 Å². The van der Waals surface area contributed by atoms with E-state index < -0.39 is 17.9 Å². The minimum absolute atomic E-state index is 0.0234. The number of benzene rings is 4. The molecule has 3 N–H and O–H groups in total. The number of carbonyl (C=O) groups is 3. The van der Waals surface area contributed by atoms with Crippen molar-refractivity contribution in [1.29, 1.82) is 0 Å². The van der Waals surface area contributed by atoms with Gasteiger partial charge in [0.1, 0.15) is 17.2 Å². The first-order valence-electron chi connectivity index (χ1n) is 25.5. The van der Waals surface area contributed by atoms with Crippen LogP contribution in [0.25, 0.3) is 0 Å². The first-order chi connectivity index (χ1) is 32.4. The number of carbonyl (C=O) groups excluding carboxylic acids is 3. The molecule has 0 fully saturated rings. The van der Waals surface area contributed by atoms with Gasteiger partial charge in [0.25, 0.3) is 0 Å². The monoisotopic (exact) mass is 949 g/mol. The van der Waals surface area contributed by atoms with Crippen molar-refractivity contribution in [2.75, 3.05) is 19.8 Å². The second-order valence-corrected chi connectivity index (χ2v) is 22.3. The summed E-state index contributed by atoms with van der Waals surface area (Å²) in [6.07, 6.45) is 13.0. The van der Waals surface area contributed by atoms with Gasteiger partial charge in [-0.15, -0.1) is 0 Å². The maximum absolute atomic E-state index is 13.6. The average molecular weight is 949 g/mol. The molecule has 0 aliphatic carbocycles. The highest BCUT2D eigenvalue weighted by atomic mass is 16.5. The van der Waals surface area contributed by atoms with Crippen molar-refractivity contribution in [3.63, 3.8) is 0 Å². The summed E-state index contributed by atoms with van der Waals surface area (Å²) in [5.74, 6) is -0.817. The summed E-state index contributed by atoms with van der Waals surface area (Å²) < 4.78 is 17.0. The van der Waals surface area contributed by atoms with E-state index in [-0.39, 0.29) is 52.8 Å². The third kappa shape index (κ3) is 17.3. The smallest absolute Gasteiger partial charge is 0.339 e. The molecule has 0 heterocycles. The van der Waals surface area contributed by atoms with Gasteiger partial charge in [0.05, 0.1) is 36.5 Å². The van der Waals surface area contributed by atoms with Crippen LogP contribution in [0, 0.1) is 20.8 Å². The molecule has 0 aliphatic rings. The molecule has 0 unspecified atom stereocenters. The van der Waals surface area contributed by atoms with Crippen molar-refractivity contribution < 1.29 is 43.9 Å². The molecule has 9 heteroatoms. The number of ether oxygens (including phenoxy) is 3. The Morgan fingerprint density at radius 3 is 1.03 bits per heavy atom. The van der Waals surface area contributed by atoms with E-state index in [1.54, 1.807) is 0 Å². The molecular formula is C60H84O9. The first kappa shape index (κ1) is 56.3. The third-order valence-electron chi connectivity index (χ3n) is 13.0. The van der Waals surface area contributed by atoms with Gasteiger partial charge in [-0.2, -0.15) is 0 Å². The van der Waals surface area contributed by atoms with Crippen molar-refractivity contribution >= 4 is 17.9 Å². The van der Waals surface area contributed by atoms with Gasteiger partial charge in [-0.3, -0.25) is 0 Å². The quantitative estimate of drug-likeness (QED) is 0.0356. The number of esters is 3. The molecule has 0 bridgehead atoms. The summed E-state index contributed by atoms with van der Waals surface area (Å²) in [7, 11) is 0. The van der Waals surface area contributed by atoms with Crippen molar-refractivity contribution in [2.24, 2.45) is 0 Å². The van der Waals surface area contributed by atoms with E-state index in [0.717, 1.165) is 110 Å². The van der Waals surface area contributed by atoms with Crippen LogP contribution in [0.3, 0.4) is 0 Å². The Bertz CT molecular complexity index is 2350. The van der Waals surface area contributed by atoms with E-state index in [4.69, 9.17) is 14.2 Å². The van der Waals surface area contributed by atoms with Crippen LogP contribution in [0.4, 0.5) is 0 Å². The van der Waals surface area contributed by atoms with Crippen LogP contribution >= 0.6 is 0 Å². The maximum atomic E-state index is 13.6. The van der Waals surface area contributed by atoms with E-state index in [0.29, 0.717) is 36.5 Å². The van der Waals surface area contributed by atoms with Crippen LogP contribution in [0.1, 0.15) is 221 Å². The standard InChI is InChI=1S/C60H84O9/c1-40-33-43(36-49(52(40)61)58(4,5)6)25-19-13-16-22-30-67-55(64)46-28-29-47(56(65)68-31-23-17-14-20-26-44-34-41(2)53(62)50(37-44)59(7,8)9)48(39-46)57(66)69-32-24-18-15-21-27-45-35-42(3)54(63)51(38-45)60(10,11)12/h28-29,33-39,61-63H,13-27,30-32H2,1-12H3. The molecule has 0 spiro atoms. The van der Waals surface area contributed by atoms with Gasteiger partial charge < -0.3 is 29.5 Å². The SMILES string of the molecule is Cc1cc(CCCCCCOC(=O)c2ccc(C(=O)OCCCCCCc3cc(C)c(O)c(C(C)(C)C)c3)c(C(=O)OCCCCCCc3cc(C)c(O)c(C(C)(C)C)c3)c2)cc(C(C)(C)C)c1O. The van der Waals surface area contributed by atoms with Gasteiger partial charge in [-0.1, -0.05) is 137 Å². The Balaban J connectivity index is 1.29. The Morgan fingerprint density at radius 2 is 0.696 bits per heavy atom. The predicted octanol–water partition coefficient (Wildman–Crippen LogP) is 14.5. The van der Waals surface area contributed by atoms with E-state index in [1.165, 1.54) is 34.9 Å². The lowest BCUT2D eigenvalue weighted by molar-refractivity contribution is 0.0448. The fourth-order valence-electron chi connectivity index (χ4n) is 8.82. The fourth-order valence-corrected chi connectivity index (χ4v) is 8.82. The Hall–Kier alpha value is -5.31. The number of phenolic OH excluding ortho intramolecular Hbond substituents is 3. The van der Waals surface area contributed by atoms with E-state index in [1.807, 2.05) is 26.8 Å². The number of phenols is 3. The molecule has 4 aromatic carbocycles. The highest BCUT2D eigenvalue weighted by Crippen LogP contribution is 2.37. The van der Waals surface area contributed by atoms with Gasteiger partial charge >= 0.3 is 17.9 Å².